The van der Waals surface area contributed by atoms with E-state index in [4.69, 9.17) is 0 Å². The second-order valence-corrected chi connectivity index (χ2v) is 6.17. The molecule has 0 aliphatic heterocycles. The van der Waals surface area contributed by atoms with E-state index in [-0.39, 0.29) is 0 Å². The standard InChI is InChI=1S/C20H30/c1-16(2)20-14-12-18(4)10-6-8-17(3)9-7-11-19(5)13-15-20/h8,10-12,14,20H,1,6-7,9,13,15H2,2-5H3/b14-12+,17-8+,18-10+,19-11+/t20-/m1/s1. The molecule has 0 aromatic heterocycles. The highest BCUT2D eigenvalue weighted by molar-refractivity contribution is 5.21. The maximum Gasteiger partial charge on any atom is -0.00225 e. The minimum absolute atomic E-state index is 0.502. The van der Waals surface area contributed by atoms with Gasteiger partial charge >= 0.3 is 0 Å². The smallest absolute Gasteiger partial charge is 0.00225 e. The highest BCUT2D eigenvalue weighted by Crippen LogP contribution is 2.21. The van der Waals surface area contributed by atoms with Crippen LogP contribution in [0.2, 0.25) is 0 Å². The summed E-state index contributed by atoms with van der Waals surface area (Å²) in [5, 5.41) is 0. The van der Waals surface area contributed by atoms with Crippen molar-refractivity contribution in [2.45, 2.75) is 59.8 Å². The summed E-state index contributed by atoms with van der Waals surface area (Å²) >= 11 is 0. The normalized spacial score (nSPS) is 31.8. The zero-order chi connectivity index (χ0) is 15.0. The molecule has 0 aromatic carbocycles. The van der Waals surface area contributed by atoms with Crippen molar-refractivity contribution in [3.8, 4) is 0 Å². The summed E-state index contributed by atoms with van der Waals surface area (Å²) in [6, 6.07) is 0. The molecular weight excluding hydrogens is 240 g/mol. The van der Waals surface area contributed by atoms with Gasteiger partial charge in [-0.3, -0.25) is 0 Å². The molecule has 20 heavy (non-hydrogen) atoms. The minimum atomic E-state index is 0.502. The molecule has 0 nitrogen and oxygen atoms in total. The second kappa shape index (κ2) is 8.79. The third-order valence-corrected chi connectivity index (χ3v) is 4.01. The van der Waals surface area contributed by atoms with Gasteiger partial charge in [-0.2, -0.15) is 0 Å². The van der Waals surface area contributed by atoms with Crippen LogP contribution in [0.3, 0.4) is 0 Å². The molecular formula is C20H30. The van der Waals surface area contributed by atoms with Gasteiger partial charge in [-0.1, -0.05) is 59.3 Å². The van der Waals surface area contributed by atoms with Crippen LogP contribution < -0.4 is 0 Å². The Hall–Kier alpha value is -1.30. The summed E-state index contributed by atoms with van der Waals surface area (Å²) in [5.41, 5.74) is 5.63. The summed E-state index contributed by atoms with van der Waals surface area (Å²) in [4.78, 5) is 0. The van der Waals surface area contributed by atoms with Gasteiger partial charge in [0.05, 0.1) is 0 Å². The third kappa shape index (κ3) is 6.75. The first-order valence-electron chi connectivity index (χ1n) is 7.80. The molecule has 0 unspecified atom stereocenters. The van der Waals surface area contributed by atoms with Gasteiger partial charge in [0.1, 0.15) is 0 Å². The van der Waals surface area contributed by atoms with E-state index in [1.807, 2.05) is 0 Å². The fraction of sp³-hybridized carbons (Fsp3) is 0.500. The Bertz CT molecular complexity index is 441. The Morgan fingerprint density at radius 3 is 2.45 bits per heavy atom. The van der Waals surface area contributed by atoms with Gasteiger partial charge in [-0.05, 0) is 65.7 Å². The van der Waals surface area contributed by atoms with Gasteiger partial charge in [0.2, 0.25) is 0 Å². The van der Waals surface area contributed by atoms with Crippen LogP contribution in [0.5, 0.6) is 0 Å². The van der Waals surface area contributed by atoms with Gasteiger partial charge in [0.25, 0.3) is 0 Å². The first-order chi connectivity index (χ1) is 9.49. The number of allylic oxidation sites excluding steroid dienone is 9. The minimum Gasteiger partial charge on any atom is -0.0995 e. The molecule has 0 radical (unpaired) electrons. The quantitative estimate of drug-likeness (QED) is 0.475. The highest BCUT2D eigenvalue weighted by atomic mass is 14.1. The average Bonchev–Trinajstić information content (AvgIpc) is 2.37. The van der Waals surface area contributed by atoms with Crippen LogP contribution in [-0.2, 0) is 0 Å². The molecule has 110 valence electrons. The molecule has 0 heterocycles. The maximum absolute atomic E-state index is 4.14. The van der Waals surface area contributed by atoms with Gasteiger partial charge < -0.3 is 0 Å². The molecule has 1 aliphatic carbocycles. The maximum atomic E-state index is 4.14. The van der Waals surface area contributed by atoms with Crippen LogP contribution in [0.1, 0.15) is 59.8 Å². The van der Waals surface area contributed by atoms with Crippen LogP contribution in [0, 0.1) is 5.92 Å². The van der Waals surface area contributed by atoms with Crippen LogP contribution >= 0.6 is 0 Å². The Balaban J connectivity index is 2.88. The fourth-order valence-corrected chi connectivity index (χ4v) is 2.42. The fourth-order valence-electron chi connectivity index (χ4n) is 2.42. The van der Waals surface area contributed by atoms with Gasteiger partial charge in [-0.25, -0.2) is 0 Å². The van der Waals surface area contributed by atoms with E-state index in [0.717, 1.165) is 6.42 Å². The number of hydrogen-bond donors (Lipinski definition) is 0. The molecule has 1 atom stereocenters. The third-order valence-electron chi connectivity index (χ3n) is 4.01. The van der Waals surface area contributed by atoms with Gasteiger partial charge in [-0.15, -0.1) is 0 Å². The summed E-state index contributed by atoms with van der Waals surface area (Å²) < 4.78 is 0. The molecule has 0 heteroatoms. The van der Waals surface area contributed by atoms with Crippen LogP contribution in [0.15, 0.2) is 59.3 Å². The zero-order valence-corrected chi connectivity index (χ0v) is 13.7. The van der Waals surface area contributed by atoms with Crippen LogP contribution in [0.4, 0.5) is 0 Å². The summed E-state index contributed by atoms with van der Waals surface area (Å²) in [5.74, 6) is 0.502. The van der Waals surface area contributed by atoms with E-state index in [1.54, 1.807) is 0 Å². The van der Waals surface area contributed by atoms with E-state index in [0.29, 0.717) is 5.92 Å². The van der Waals surface area contributed by atoms with Crippen molar-refractivity contribution >= 4 is 0 Å². The first-order valence-corrected chi connectivity index (χ1v) is 7.80. The average molecular weight is 270 g/mol. The molecule has 0 aromatic rings. The lowest BCUT2D eigenvalue weighted by Gasteiger charge is -2.13. The molecule has 1 rings (SSSR count). The molecule has 0 spiro atoms. The van der Waals surface area contributed by atoms with Gasteiger partial charge in [0.15, 0.2) is 0 Å². The zero-order valence-electron chi connectivity index (χ0n) is 13.7. The summed E-state index contributed by atoms with van der Waals surface area (Å²) in [6.07, 6.45) is 17.4. The Morgan fingerprint density at radius 2 is 1.75 bits per heavy atom. The van der Waals surface area contributed by atoms with Crippen LogP contribution in [-0.4, -0.2) is 0 Å². The van der Waals surface area contributed by atoms with E-state index >= 15 is 0 Å². The molecule has 0 amide bonds. The molecule has 1 aliphatic rings. The van der Waals surface area contributed by atoms with Crippen molar-refractivity contribution in [1.29, 1.82) is 0 Å². The molecule has 0 saturated carbocycles. The molecule has 0 fully saturated rings. The predicted molar refractivity (Wildman–Crippen MR) is 91.8 cm³/mol. The predicted octanol–water partition coefficient (Wildman–Crippen LogP) is 6.54. The number of rotatable bonds is 1. The highest BCUT2D eigenvalue weighted by Gasteiger charge is 2.06. The van der Waals surface area contributed by atoms with Crippen molar-refractivity contribution in [2.75, 3.05) is 0 Å². The summed E-state index contributed by atoms with van der Waals surface area (Å²) in [7, 11) is 0. The topological polar surface area (TPSA) is 0 Å². The molecule has 0 N–H and O–H groups in total. The van der Waals surface area contributed by atoms with Crippen molar-refractivity contribution in [3.63, 3.8) is 0 Å². The molecule has 0 saturated heterocycles. The monoisotopic (exact) mass is 270 g/mol. The van der Waals surface area contributed by atoms with Crippen molar-refractivity contribution in [2.24, 2.45) is 5.92 Å². The van der Waals surface area contributed by atoms with Crippen molar-refractivity contribution in [3.05, 3.63) is 59.3 Å². The largest absolute Gasteiger partial charge is 0.0995 e. The van der Waals surface area contributed by atoms with Crippen molar-refractivity contribution in [1.82, 2.24) is 0 Å². The lowest BCUT2D eigenvalue weighted by molar-refractivity contribution is 0.668. The van der Waals surface area contributed by atoms with E-state index in [2.05, 4.69) is 64.7 Å². The second-order valence-electron chi connectivity index (χ2n) is 6.17. The Kier molecular flexibility index (Phi) is 7.36. The van der Waals surface area contributed by atoms with Crippen molar-refractivity contribution < 1.29 is 0 Å². The lowest BCUT2D eigenvalue weighted by atomic mass is 9.92. The van der Waals surface area contributed by atoms with E-state index < -0.39 is 0 Å². The first kappa shape index (κ1) is 16.8. The van der Waals surface area contributed by atoms with Crippen LogP contribution in [0.25, 0.3) is 0 Å². The van der Waals surface area contributed by atoms with Gasteiger partial charge in [0, 0.05) is 0 Å². The van der Waals surface area contributed by atoms with E-state index in [9.17, 15) is 0 Å². The van der Waals surface area contributed by atoms with E-state index in [1.165, 1.54) is 48.0 Å². The SMILES string of the molecule is C=C(C)[C@@H]1/C=C/C(C)=C/C/C=C(\C)CC/C=C(\C)CC1. The number of hydrogen-bond acceptors (Lipinski definition) is 0. The Morgan fingerprint density at radius 1 is 1.05 bits per heavy atom. The lowest BCUT2D eigenvalue weighted by Crippen LogP contribution is -1.98. The summed E-state index contributed by atoms with van der Waals surface area (Å²) in [6.45, 7) is 13.0. The molecule has 0 bridgehead atoms. The Labute approximate surface area is 125 Å².